The Hall–Kier alpha value is -1.90. The molecule has 1 atom stereocenters. The molecule has 3 nitrogen and oxygen atoms in total. The fourth-order valence-electron chi connectivity index (χ4n) is 8.68. The summed E-state index contributed by atoms with van der Waals surface area (Å²) in [5.74, 6) is 1.61. The first-order valence-electron chi connectivity index (χ1n) is 13.4. The molecule has 0 radical (unpaired) electrons. The van der Waals surface area contributed by atoms with E-state index in [0.29, 0.717) is 23.7 Å². The van der Waals surface area contributed by atoms with Crippen LogP contribution in [0, 0.1) is 29.1 Å². The quantitative estimate of drug-likeness (QED) is 0.386. The Morgan fingerprint density at radius 2 is 1.15 bits per heavy atom. The van der Waals surface area contributed by atoms with Crippen molar-refractivity contribution in [2.75, 3.05) is 0 Å². The summed E-state index contributed by atoms with van der Waals surface area (Å²) in [5, 5.41) is 0. The summed E-state index contributed by atoms with van der Waals surface area (Å²) in [6.45, 7) is 27.9. The van der Waals surface area contributed by atoms with Gasteiger partial charge in [-0.3, -0.25) is 14.5 Å². The summed E-state index contributed by atoms with van der Waals surface area (Å²) >= 11 is 0. The Bertz CT molecular complexity index is 959. The number of fused-ring (bicyclic) bond motifs is 1. The number of rotatable bonds is 7. The van der Waals surface area contributed by atoms with Gasteiger partial charge in [0.2, 0.25) is 0 Å². The van der Waals surface area contributed by atoms with Gasteiger partial charge in [-0.1, -0.05) is 95.2 Å². The third-order valence-corrected chi connectivity index (χ3v) is 9.22. The molecule has 0 saturated heterocycles. The summed E-state index contributed by atoms with van der Waals surface area (Å²) in [5.41, 5.74) is 4.98. The van der Waals surface area contributed by atoms with Crippen LogP contribution < -0.4 is 0 Å². The Labute approximate surface area is 208 Å². The molecule has 1 aliphatic carbocycles. The minimum absolute atomic E-state index is 0.172. The maximum absolute atomic E-state index is 13.3. The third-order valence-electron chi connectivity index (χ3n) is 9.22. The molecule has 1 aliphatic heterocycles. The second kappa shape index (κ2) is 8.95. The van der Waals surface area contributed by atoms with E-state index in [-0.39, 0.29) is 40.5 Å². The molecule has 1 aromatic carbocycles. The highest BCUT2D eigenvalue weighted by Gasteiger charge is 2.70. The third kappa shape index (κ3) is 3.21. The van der Waals surface area contributed by atoms with Crippen molar-refractivity contribution < 1.29 is 9.59 Å². The number of carbonyl (C=O) groups is 2. The van der Waals surface area contributed by atoms with E-state index in [1.54, 1.807) is 4.90 Å². The van der Waals surface area contributed by atoms with Crippen LogP contribution in [0.15, 0.2) is 24.3 Å². The van der Waals surface area contributed by atoms with Crippen LogP contribution in [-0.4, -0.2) is 16.7 Å². The van der Waals surface area contributed by atoms with E-state index in [0.717, 1.165) is 0 Å². The van der Waals surface area contributed by atoms with E-state index in [1.807, 2.05) is 0 Å². The molecular weight excluding hydrogens is 418 g/mol. The van der Waals surface area contributed by atoms with Gasteiger partial charge >= 0.3 is 0 Å². The lowest BCUT2D eigenvalue weighted by molar-refractivity contribution is -0.153. The van der Waals surface area contributed by atoms with Crippen LogP contribution in [0.3, 0.4) is 0 Å². The Morgan fingerprint density at radius 3 is 1.50 bits per heavy atom. The second-order valence-electron chi connectivity index (χ2n) is 12.5. The largest absolute Gasteiger partial charge is 0.269 e. The molecule has 0 N–H and O–H groups in total. The number of amides is 2. The number of nitrogens with zero attached hydrogens (tertiary/aromatic N) is 1. The van der Waals surface area contributed by atoms with Gasteiger partial charge in [0, 0.05) is 23.0 Å². The zero-order valence-corrected chi connectivity index (χ0v) is 23.6. The lowest BCUT2D eigenvalue weighted by Crippen LogP contribution is -2.60. The lowest BCUT2D eigenvalue weighted by atomic mass is 9.44. The zero-order chi connectivity index (χ0) is 25.9. The molecule has 3 heteroatoms. The van der Waals surface area contributed by atoms with E-state index < -0.39 is 0 Å². The summed E-state index contributed by atoms with van der Waals surface area (Å²) in [7, 11) is 0. The van der Waals surface area contributed by atoms with Gasteiger partial charge in [0.05, 0.1) is 6.04 Å². The topological polar surface area (TPSA) is 37.4 Å². The number of hydrogen-bond acceptors (Lipinski definition) is 2. The van der Waals surface area contributed by atoms with Crippen LogP contribution in [0.4, 0.5) is 0 Å². The van der Waals surface area contributed by atoms with E-state index >= 15 is 0 Å². The van der Waals surface area contributed by atoms with E-state index in [1.165, 1.54) is 34.4 Å². The van der Waals surface area contributed by atoms with Crippen LogP contribution in [0.2, 0.25) is 0 Å². The molecule has 0 aromatic heterocycles. The minimum atomic E-state index is -0.297. The summed E-state index contributed by atoms with van der Waals surface area (Å²) in [6.07, 6.45) is 2.92. The van der Waals surface area contributed by atoms with Gasteiger partial charge in [-0.2, -0.15) is 0 Å². The van der Waals surface area contributed by atoms with Crippen molar-refractivity contribution in [3.63, 3.8) is 0 Å². The average Bonchev–Trinajstić information content (AvgIpc) is 3.19. The Morgan fingerprint density at radius 1 is 0.676 bits per heavy atom. The number of imide groups is 1. The van der Waals surface area contributed by atoms with Crippen molar-refractivity contribution in [2.24, 2.45) is 29.1 Å². The molecule has 188 valence electrons. The van der Waals surface area contributed by atoms with Crippen LogP contribution in [0.1, 0.15) is 123 Å². The van der Waals surface area contributed by atoms with Crippen molar-refractivity contribution in [2.45, 2.75) is 106 Å². The first-order valence-corrected chi connectivity index (χ1v) is 13.4. The van der Waals surface area contributed by atoms with Crippen molar-refractivity contribution >= 4 is 11.8 Å². The minimum Gasteiger partial charge on any atom is -0.269 e. The van der Waals surface area contributed by atoms with Gasteiger partial charge in [0.1, 0.15) is 0 Å². The molecule has 0 saturated carbocycles. The zero-order valence-electron chi connectivity index (χ0n) is 23.6. The first kappa shape index (κ1) is 26.7. The Balaban J connectivity index is 2.65. The van der Waals surface area contributed by atoms with Gasteiger partial charge < -0.3 is 0 Å². The predicted octanol–water partition coefficient (Wildman–Crippen LogP) is 7.76. The number of carbonyl (C=O) groups excluding carboxylic acids is 2. The van der Waals surface area contributed by atoms with Gasteiger partial charge in [-0.15, -0.1) is 0 Å². The maximum Gasteiger partial charge on any atom is 0.254 e. The van der Waals surface area contributed by atoms with Gasteiger partial charge in [-0.25, -0.2) is 0 Å². The van der Waals surface area contributed by atoms with Crippen molar-refractivity contribution in [3.8, 4) is 0 Å². The SMILES string of the molecule is CC(C)c1ccc2c(c1C(C)C)C(C(C)C)(C(C)C)C(C(C)C)(C(C)C)[C@H]2N1C(=O)C=CC1=O. The second-order valence-corrected chi connectivity index (χ2v) is 12.5. The Kier molecular flexibility index (Phi) is 7.03. The van der Waals surface area contributed by atoms with Crippen LogP contribution >= 0.6 is 0 Å². The van der Waals surface area contributed by atoms with Crippen molar-refractivity contribution in [3.05, 3.63) is 46.5 Å². The summed E-state index contributed by atoms with van der Waals surface area (Å²) < 4.78 is 0. The molecule has 1 heterocycles. The highest BCUT2D eigenvalue weighted by molar-refractivity contribution is 6.13. The molecule has 34 heavy (non-hydrogen) atoms. The molecule has 2 aliphatic rings. The fraction of sp³-hybridized carbons (Fsp3) is 0.677. The molecule has 0 unspecified atom stereocenters. The number of benzene rings is 1. The van der Waals surface area contributed by atoms with Crippen LogP contribution in [0.5, 0.6) is 0 Å². The van der Waals surface area contributed by atoms with Crippen molar-refractivity contribution in [1.82, 2.24) is 4.90 Å². The van der Waals surface area contributed by atoms with Gasteiger partial charge in [-0.05, 0) is 57.8 Å². The highest BCUT2D eigenvalue weighted by Crippen LogP contribution is 2.72. The van der Waals surface area contributed by atoms with Crippen LogP contribution in [0.25, 0.3) is 0 Å². The molecule has 1 aromatic rings. The standard InChI is InChI=1S/C31H47NO2/c1-17(2)23-13-14-24-28(27(23)18(3)4)30(19(5)6,20(7)8)31(21(9)10,22(11)12)29(24)32-25(33)15-16-26(32)34/h13-22,29H,1-12H3/t29-/m0/s1. The van der Waals surface area contributed by atoms with E-state index in [4.69, 9.17) is 0 Å². The monoisotopic (exact) mass is 465 g/mol. The molecule has 3 rings (SSSR count). The summed E-state index contributed by atoms with van der Waals surface area (Å²) in [6, 6.07) is 4.28. The molecular formula is C31H47NO2. The molecule has 2 amide bonds. The van der Waals surface area contributed by atoms with E-state index in [2.05, 4.69) is 95.2 Å². The molecule has 0 bridgehead atoms. The first-order chi connectivity index (χ1) is 15.7. The lowest BCUT2D eigenvalue weighted by Gasteiger charge is -2.60. The maximum atomic E-state index is 13.3. The predicted molar refractivity (Wildman–Crippen MR) is 142 cm³/mol. The fourth-order valence-corrected chi connectivity index (χ4v) is 8.68. The van der Waals surface area contributed by atoms with Crippen molar-refractivity contribution in [1.29, 1.82) is 0 Å². The number of hydrogen-bond donors (Lipinski definition) is 0. The average molecular weight is 466 g/mol. The highest BCUT2D eigenvalue weighted by atomic mass is 16.2. The molecule has 0 fully saturated rings. The van der Waals surface area contributed by atoms with Gasteiger partial charge in [0.15, 0.2) is 0 Å². The summed E-state index contributed by atoms with van der Waals surface area (Å²) in [4.78, 5) is 28.2. The van der Waals surface area contributed by atoms with Crippen LogP contribution in [-0.2, 0) is 15.0 Å². The van der Waals surface area contributed by atoms with Gasteiger partial charge in [0.25, 0.3) is 11.8 Å². The smallest absolute Gasteiger partial charge is 0.254 e. The molecule has 0 spiro atoms. The van der Waals surface area contributed by atoms with E-state index in [9.17, 15) is 9.59 Å². The normalized spacial score (nSPS) is 21.5.